The Morgan fingerprint density at radius 3 is 2.60 bits per heavy atom. The van der Waals surface area contributed by atoms with Crippen LogP contribution in [-0.2, 0) is 16.0 Å². The predicted octanol–water partition coefficient (Wildman–Crippen LogP) is 2.00. The van der Waals surface area contributed by atoms with Gasteiger partial charge in [0.2, 0.25) is 5.91 Å². The van der Waals surface area contributed by atoms with E-state index in [0.29, 0.717) is 19.4 Å². The number of amides is 1. The first-order valence-electron chi connectivity index (χ1n) is 6.81. The van der Waals surface area contributed by atoms with Gasteiger partial charge in [0.1, 0.15) is 11.8 Å². The van der Waals surface area contributed by atoms with E-state index in [1.807, 2.05) is 31.2 Å². The minimum atomic E-state index is -1.00. The lowest BCUT2D eigenvalue weighted by Crippen LogP contribution is -2.40. The third-order valence-electron chi connectivity index (χ3n) is 2.94. The number of hydrogen-bond acceptors (Lipinski definition) is 3. The third-order valence-corrected chi connectivity index (χ3v) is 2.94. The zero-order valence-electron chi connectivity index (χ0n) is 11.9. The minimum absolute atomic E-state index is 0.244. The van der Waals surface area contributed by atoms with E-state index in [1.165, 1.54) is 0 Å². The zero-order chi connectivity index (χ0) is 15.0. The third kappa shape index (κ3) is 4.91. The second-order valence-corrected chi connectivity index (χ2v) is 4.41. The molecule has 0 bridgehead atoms. The molecule has 0 aliphatic carbocycles. The quantitative estimate of drug-likeness (QED) is 0.763. The molecule has 1 rings (SSSR count). The van der Waals surface area contributed by atoms with Gasteiger partial charge in [0.05, 0.1) is 6.61 Å². The van der Waals surface area contributed by atoms with Gasteiger partial charge in [0, 0.05) is 6.42 Å². The average molecular weight is 279 g/mol. The number of benzene rings is 1. The van der Waals surface area contributed by atoms with Gasteiger partial charge in [0.25, 0.3) is 0 Å². The Morgan fingerprint density at radius 2 is 2.00 bits per heavy atom. The van der Waals surface area contributed by atoms with Crippen LogP contribution in [0.2, 0.25) is 0 Å². The Kier molecular flexibility index (Phi) is 6.56. The molecule has 20 heavy (non-hydrogen) atoms. The fourth-order valence-electron chi connectivity index (χ4n) is 1.86. The van der Waals surface area contributed by atoms with Gasteiger partial charge in [-0.3, -0.25) is 4.79 Å². The zero-order valence-corrected chi connectivity index (χ0v) is 11.9. The predicted molar refractivity (Wildman–Crippen MR) is 75.8 cm³/mol. The average Bonchev–Trinajstić information content (AvgIpc) is 2.43. The van der Waals surface area contributed by atoms with Gasteiger partial charge in [-0.15, -0.1) is 0 Å². The van der Waals surface area contributed by atoms with Crippen LogP contribution in [0.15, 0.2) is 24.3 Å². The van der Waals surface area contributed by atoms with E-state index in [2.05, 4.69) is 5.32 Å². The molecule has 0 aromatic heterocycles. The number of aliphatic carboxylic acids is 1. The van der Waals surface area contributed by atoms with Crippen LogP contribution in [0.3, 0.4) is 0 Å². The fraction of sp³-hybridized carbons (Fsp3) is 0.467. The van der Waals surface area contributed by atoms with E-state index in [9.17, 15) is 9.59 Å². The van der Waals surface area contributed by atoms with Gasteiger partial charge in [-0.05, 0) is 31.4 Å². The van der Waals surface area contributed by atoms with E-state index < -0.39 is 12.0 Å². The topological polar surface area (TPSA) is 75.6 Å². The summed E-state index contributed by atoms with van der Waals surface area (Å²) in [5.41, 5.74) is 0.952. The number of para-hydroxylation sites is 1. The molecule has 0 aliphatic rings. The second kappa shape index (κ2) is 8.19. The smallest absolute Gasteiger partial charge is 0.326 e. The maximum absolute atomic E-state index is 11.7. The molecular weight excluding hydrogens is 258 g/mol. The van der Waals surface area contributed by atoms with Crippen LogP contribution in [-0.4, -0.2) is 29.6 Å². The van der Waals surface area contributed by atoms with Crippen molar-refractivity contribution in [3.05, 3.63) is 29.8 Å². The molecule has 0 heterocycles. The molecule has 5 nitrogen and oxygen atoms in total. The summed E-state index contributed by atoms with van der Waals surface area (Å²) >= 11 is 0. The highest BCUT2D eigenvalue weighted by molar-refractivity contribution is 5.83. The van der Waals surface area contributed by atoms with Gasteiger partial charge < -0.3 is 15.2 Å². The minimum Gasteiger partial charge on any atom is -0.494 e. The molecule has 0 saturated carbocycles. The number of nitrogens with one attached hydrogen (secondary N) is 1. The summed E-state index contributed by atoms with van der Waals surface area (Å²) in [6.07, 6.45) is 1.14. The highest BCUT2D eigenvalue weighted by Gasteiger charge is 2.17. The molecule has 1 unspecified atom stereocenters. The fourth-order valence-corrected chi connectivity index (χ4v) is 1.86. The Labute approximate surface area is 118 Å². The number of carbonyl (C=O) groups is 2. The van der Waals surface area contributed by atoms with Crippen molar-refractivity contribution in [1.82, 2.24) is 5.32 Å². The van der Waals surface area contributed by atoms with Gasteiger partial charge in [-0.2, -0.15) is 0 Å². The molecule has 0 spiro atoms. The summed E-state index contributed by atoms with van der Waals surface area (Å²) in [5.74, 6) is -0.491. The maximum Gasteiger partial charge on any atom is 0.326 e. The SMILES string of the molecule is CCOc1ccccc1CCC(=O)NC(CC)C(=O)O. The van der Waals surface area contributed by atoms with Gasteiger partial charge in [-0.1, -0.05) is 25.1 Å². The normalized spacial score (nSPS) is 11.7. The van der Waals surface area contributed by atoms with E-state index in [4.69, 9.17) is 9.84 Å². The van der Waals surface area contributed by atoms with E-state index >= 15 is 0 Å². The first kappa shape index (κ1) is 16.0. The maximum atomic E-state index is 11.7. The highest BCUT2D eigenvalue weighted by Crippen LogP contribution is 2.19. The van der Waals surface area contributed by atoms with Crippen LogP contribution >= 0.6 is 0 Å². The van der Waals surface area contributed by atoms with Gasteiger partial charge in [-0.25, -0.2) is 4.79 Å². The summed E-state index contributed by atoms with van der Waals surface area (Å²) < 4.78 is 5.48. The van der Waals surface area contributed by atoms with E-state index in [-0.39, 0.29) is 12.3 Å². The second-order valence-electron chi connectivity index (χ2n) is 4.41. The Hall–Kier alpha value is -2.04. The lowest BCUT2D eigenvalue weighted by molar-refractivity contribution is -0.141. The Morgan fingerprint density at radius 1 is 1.30 bits per heavy atom. The molecule has 110 valence electrons. The summed E-state index contributed by atoms with van der Waals surface area (Å²) in [5, 5.41) is 11.4. The van der Waals surface area contributed by atoms with Crippen molar-refractivity contribution in [1.29, 1.82) is 0 Å². The molecule has 5 heteroatoms. The van der Waals surface area contributed by atoms with Crippen LogP contribution in [0.25, 0.3) is 0 Å². The number of rotatable bonds is 8. The molecule has 0 saturated heterocycles. The van der Waals surface area contributed by atoms with Crippen LogP contribution in [0.1, 0.15) is 32.3 Å². The first-order valence-corrected chi connectivity index (χ1v) is 6.81. The number of ether oxygens (including phenoxy) is 1. The van der Waals surface area contributed by atoms with Crippen molar-refractivity contribution in [3.63, 3.8) is 0 Å². The molecule has 0 aliphatic heterocycles. The summed E-state index contributed by atoms with van der Waals surface area (Å²) in [4.78, 5) is 22.6. The van der Waals surface area contributed by atoms with Crippen LogP contribution in [0.5, 0.6) is 5.75 Å². The van der Waals surface area contributed by atoms with E-state index in [0.717, 1.165) is 11.3 Å². The van der Waals surface area contributed by atoms with Gasteiger partial charge in [0.15, 0.2) is 0 Å². The number of carboxylic acid groups (broad SMARTS) is 1. The molecule has 0 radical (unpaired) electrons. The van der Waals surface area contributed by atoms with Crippen molar-refractivity contribution in [2.75, 3.05) is 6.61 Å². The monoisotopic (exact) mass is 279 g/mol. The molecule has 0 fully saturated rings. The molecule has 1 aromatic rings. The molecule has 2 N–H and O–H groups in total. The van der Waals surface area contributed by atoms with Crippen molar-refractivity contribution >= 4 is 11.9 Å². The van der Waals surface area contributed by atoms with Crippen molar-refractivity contribution in [3.8, 4) is 5.75 Å². The molecular formula is C15H21NO4. The Bertz CT molecular complexity index is 459. The molecule has 1 atom stereocenters. The lowest BCUT2D eigenvalue weighted by atomic mass is 10.1. The highest BCUT2D eigenvalue weighted by atomic mass is 16.5. The summed E-state index contributed by atoms with van der Waals surface area (Å²) in [6, 6.07) is 6.73. The van der Waals surface area contributed by atoms with Crippen LogP contribution in [0, 0.1) is 0 Å². The van der Waals surface area contributed by atoms with Crippen molar-refractivity contribution < 1.29 is 19.4 Å². The first-order chi connectivity index (χ1) is 9.58. The number of aryl methyl sites for hydroxylation is 1. The number of carboxylic acids is 1. The lowest BCUT2D eigenvalue weighted by Gasteiger charge is -2.13. The van der Waals surface area contributed by atoms with Crippen LogP contribution in [0.4, 0.5) is 0 Å². The molecule has 1 amide bonds. The summed E-state index contributed by atoms with van der Waals surface area (Å²) in [6.45, 7) is 4.20. The largest absolute Gasteiger partial charge is 0.494 e. The number of carbonyl (C=O) groups excluding carboxylic acids is 1. The Balaban J connectivity index is 2.54. The number of hydrogen-bond donors (Lipinski definition) is 2. The van der Waals surface area contributed by atoms with E-state index in [1.54, 1.807) is 6.92 Å². The molecule has 1 aromatic carbocycles. The van der Waals surface area contributed by atoms with Crippen molar-refractivity contribution in [2.24, 2.45) is 0 Å². The standard InChI is InChI=1S/C15H21NO4/c1-3-12(15(18)19)16-14(17)10-9-11-7-5-6-8-13(11)20-4-2/h5-8,12H,3-4,9-10H2,1-2H3,(H,16,17)(H,18,19). The van der Waals surface area contributed by atoms with Crippen LogP contribution < -0.4 is 10.1 Å². The summed E-state index contributed by atoms with van der Waals surface area (Å²) in [7, 11) is 0. The van der Waals surface area contributed by atoms with Crippen molar-refractivity contribution in [2.45, 2.75) is 39.2 Å². The van der Waals surface area contributed by atoms with Gasteiger partial charge >= 0.3 is 5.97 Å².